The maximum Gasteiger partial charge on any atom is 0.238 e. The second kappa shape index (κ2) is 6.67. The maximum atomic E-state index is 12.1. The molecule has 21 heavy (non-hydrogen) atoms. The summed E-state index contributed by atoms with van der Waals surface area (Å²) < 4.78 is 23.5. The first-order chi connectivity index (χ1) is 9.86. The number of nitrogens with two attached hydrogens (primary N) is 1. The predicted molar refractivity (Wildman–Crippen MR) is 87.0 cm³/mol. The highest BCUT2D eigenvalue weighted by Gasteiger charge is 2.31. The van der Waals surface area contributed by atoms with Crippen LogP contribution in [0, 0.1) is 0 Å². The van der Waals surface area contributed by atoms with Crippen molar-refractivity contribution in [2.24, 2.45) is 0 Å². The van der Waals surface area contributed by atoms with Gasteiger partial charge >= 0.3 is 0 Å². The van der Waals surface area contributed by atoms with Crippen LogP contribution in [0.1, 0.15) is 0 Å². The van der Waals surface area contributed by atoms with Crippen molar-refractivity contribution in [1.82, 2.24) is 4.90 Å². The van der Waals surface area contributed by atoms with E-state index in [-0.39, 0.29) is 12.5 Å². The molecule has 0 saturated carbocycles. The molecule has 1 aromatic carbocycles. The van der Waals surface area contributed by atoms with Crippen molar-refractivity contribution < 1.29 is 13.2 Å². The highest BCUT2D eigenvalue weighted by molar-refractivity contribution is 8.00. The smallest absolute Gasteiger partial charge is 0.238 e. The van der Waals surface area contributed by atoms with Gasteiger partial charge in [0.15, 0.2) is 9.84 Å². The van der Waals surface area contributed by atoms with Crippen LogP contribution < -0.4 is 11.1 Å². The average molecular weight is 329 g/mol. The lowest BCUT2D eigenvalue weighted by Crippen LogP contribution is -2.49. The lowest BCUT2D eigenvalue weighted by molar-refractivity contribution is -0.117. The van der Waals surface area contributed by atoms with Crippen LogP contribution in [0.15, 0.2) is 24.3 Å². The predicted octanol–water partition coefficient (Wildman–Crippen LogP) is 0.627. The topological polar surface area (TPSA) is 92.5 Å². The summed E-state index contributed by atoms with van der Waals surface area (Å²) in [7, 11) is -3.19. The van der Waals surface area contributed by atoms with Gasteiger partial charge < -0.3 is 11.1 Å². The van der Waals surface area contributed by atoms with E-state index in [4.69, 9.17) is 5.73 Å². The Hall–Kier alpha value is -1.25. The highest BCUT2D eigenvalue weighted by atomic mass is 32.2. The Kier molecular flexibility index (Phi) is 5.13. The molecule has 0 aromatic heterocycles. The third kappa shape index (κ3) is 4.62. The van der Waals surface area contributed by atoms with E-state index in [2.05, 4.69) is 5.32 Å². The molecule has 1 fully saturated rings. The van der Waals surface area contributed by atoms with Crippen molar-refractivity contribution in [2.45, 2.75) is 5.37 Å². The molecule has 3 N–H and O–H groups in total. The number of sulfone groups is 1. The molecule has 1 saturated heterocycles. The van der Waals surface area contributed by atoms with Crippen molar-refractivity contribution in [3.8, 4) is 0 Å². The van der Waals surface area contributed by atoms with Crippen LogP contribution in [0.5, 0.6) is 0 Å². The Bertz CT molecular complexity index is 602. The fourth-order valence-corrected chi connectivity index (χ4v) is 5.08. The molecule has 0 aliphatic carbocycles. The molecule has 2 rings (SSSR count). The third-order valence-corrected chi connectivity index (χ3v) is 5.91. The number of thioether (sulfide) groups is 1. The summed E-state index contributed by atoms with van der Waals surface area (Å²) >= 11 is 1.60. The number of nitrogens with one attached hydrogen (secondary N) is 1. The van der Waals surface area contributed by atoms with Crippen molar-refractivity contribution in [3.05, 3.63) is 24.3 Å². The molecule has 1 aliphatic heterocycles. The van der Waals surface area contributed by atoms with E-state index in [9.17, 15) is 13.2 Å². The van der Waals surface area contributed by atoms with Gasteiger partial charge in [0, 0.05) is 35.7 Å². The van der Waals surface area contributed by atoms with E-state index in [0.29, 0.717) is 23.7 Å². The van der Waals surface area contributed by atoms with Crippen LogP contribution >= 0.6 is 11.8 Å². The van der Waals surface area contributed by atoms with E-state index < -0.39 is 15.2 Å². The molecule has 1 amide bonds. The molecule has 6 nitrogen and oxygen atoms in total. The number of carbonyl (C=O) groups is 1. The fraction of sp³-hybridized carbons (Fsp3) is 0.462. The zero-order valence-electron chi connectivity index (χ0n) is 11.8. The molecule has 1 aromatic rings. The van der Waals surface area contributed by atoms with Gasteiger partial charge in [-0.15, -0.1) is 0 Å². The van der Waals surface area contributed by atoms with E-state index >= 15 is 0 Å². The lowest BCUT2D eigenvalue weighted by Gasteiger charge is -2.33. The molecule has 0 spiro atoms. The minimum absolute atomic E-state index is 0.0721. The molecule has 0 radical (unpaired) electrons. The molecular weight excluding hydrogens is 310 g/mol. The second-order valence-electron chi connectivity index (χ2n) is 5.00. The van der Waals surface area contributed by atoms with Crippen LogP contribution in [0.25, 0.3) is 0 Å². The first-order valence-corrected chi connectivity index (χ1v) is 9.63. The summed E-state index contributed by atoms with van der Waals surface area (Å²) in [4.78, 5) is 13.8. The zero-order valence-corrected chi connectivity index (χ0v) is 13.4. The Labute approximate surface area is 129 Å². The number of amides is 1. The summed E-state index contributed by atoms with van der Waals surface area (Å²) in [6, 6.07) is 6.83. The Morgan fingerprint density at radius 2 is 2.10 bits per heavy atom. The minimum Gasteiger partial charge on any atom is -0.399 e. The third-order valence-electron chi connectivity index (χ3n) is 3.23. The maximum absolute atomic E-state index is 12.1. The van der Waals surface area contributed by atoms with Crippen LogP contribution in [0.3, 0.4) is 0 Å². The molecule has 1 unspecified atom stereocenters. The number of nitrogen functional groups attached to an aromatic ring is 1. The Balaban J connectivity index is 1.99. The average Bonchev–Trinajstić information content (AvgIpc) is 2.41. The monoisotopic (exact) mass is 329 g/mol. The summed E-state index contributed by atoms with van der Waals surface area (Å²) in [5.41, 5.74) is 6.86. The van der Waals surface area contributed by atoms with Crippen LogP contribution in [-0.4, -0.2) is 55.4 Å². The normalized spacial score (nSPS) is 20.1. The number of carbonyl (C=O) groups excluding carboxylic acids is 1. The van der Waals surface area contributed by atoms with E-state index in [0.717, 1.165) is 5.75 Å². The Morgan fingerprint density at radius 3 is 2.71 bits per heavy atom. The number of hydrogen-bond acceptors (Lipinski definition) is 6. The SMILES string of the molecule is CS(=O)(=O)C1CSCCN1CC(=O)Nc1ccc(N)cc1. The highest BCUT2D eigenvalue weighted by Crippen LogP contribution is 2.20. The minimum atomic E-state index is -3.19. The van der Waals surface area contributed by atoms with E-state index in [1.165, 1.54) is 6.26 Å². The number of anilines is 2. The van der Waals surface area contributed by atoms with E-state index in [1.807, 2.05) is 0 Å². The second-order valence-corrected chi connectivity index (χ2v) is 8.35. The molecule has 8 heteroatoms. The summed E-state index contributed by atoms with van der Waals surface area (Å²) in [5, 5.41) is 2.16. The molecular formula is C13H19N3O3S2. The van der Waals surface area contributed by atoms with Crippen molar-refractivity contribution in [2.75, 3.05) is 41.9 Å². The summed E-state index contributed by atoms with van der Waals surface area (Å²) in [6.45, 7) is 0.667. The summed E-state index contributed by atoms with van der Waals surface area (Å²) in [6.07, 6.45) is 1.22. The van der Waals surface area contributed by atoms with E-state index in [1.54, 1.807) is 40.9 Å². The molecule has 1 aliphatic rings. The number of rotatable bonds is 4. The van der Waals surface area contributed by atoms with Crippen molar-refractivity contribution >= 4 is 38.9 Å². The fourth-order valence-electron chi connectivity index (χ4n) is 2.14. The van der Waals surface area contributed by atoms with Crippen molar-refractivity contribution in [3.63, 3.8) is 0 Å². The van der Waals surface area contributed by atoms with Gasteiger partial charge in [-0.1, -0.05) is 0 Å². The number of hydrogen-bond donors (Lipinski definition) is 2. The number of benzene rings is 1. The van der Waals surface area contributed by atoms with Crippen LogP contribution in [0.4, 0.5) is 11.4 Å². The van der Waals surface area contributed by atoms with Gasteiger partial charge in [-0.3, -0.25) is 9.69 Å². The van der Waals surface area contributed by atoms with Gasteiger partial charge in [0.2, 0.25) is 5.91 Å². The zero-order chi connectivity index (χ0) is 15.5. The van der Waals surface area contributed by atoms with Gasteiger partial charge in [-0.25, -0.2) is 8.42 Å². The van der Waals surface area contributed by atoms with Crippen LogP contribution in [-0.2, 0) is 14.6 Å². The van der Waals surface area contributed by atoms with Gasteiger partial charge in [-0.05, 0) is 24.3 Å². The van der Waals surface area contributed by atoms with Gasteiger partial charge in [0.25, 0.3) is 0 Å². The molecule has 1 heterocycles. The first-order valence-electron chi connectivity index (χ1n) is 6.52. The lowest BCUT2D eigenvalue weighted by atomic mass is 10.3. The first kappa shape index (κ1) is 16.1. The molecule has 116 valence electrons. The van der Waals surface area contributed by atoms with Gasteiger partial charge in [0.1, 0.15) is 5.37 Å². The van der Waals surface area contributed by atoms with Gasteiger partial charge in [0.05, 0.1) is 6.54 Å². The largest absolute Gasteiger partial charge is 0.399 e. The van der Waals surface area contributed by atoms with Gasteiger partial charge in [-0.2, -0.15) is 11.8 Å². The number of nitrogens with zero attached hydrogens (tertiary/aromatic N) is 1. The quantitative estimate of drug-likeness (QED) is 0.787. The van der Waals surface area contributed by atoms with Crippen LogP contribution in [0.2, 0.25) is 0 Å². The molecule has 0 bridgehead atoms. The Morgan fingerprint density at radius 1 is 1.43 bits per heavy atom. The summed E-state index contributed by atoms with van der Waals surface area (Å²) in [5.74, 6) is 1.12. The standard InChI is InChI=1S/C13H19N3O3S2/c1-21(18,19)13-9-20-7-6-16(13)8-12(17)15-11-4-2-10(14)3-5-11/h2-5,13H,6-9,14H2,1H3,(H,15,17). The molecule has 1 atom stereocenters. The van der Waals surface area contributed by atoms with Crippen molar-refractivity contribution in [1.29, 1.82) is 0 Å².